The van der Waals surface area contributed by atoms with Crippen LogP contribution in [0.3, 0.4) is 0 Å². The van der Waals surface area contributed by atoms with Crippen LogP contribution in [0, 0.1) is 0 Å². The number of benzene rings is 1. The molecule has 0 radical (unpaired) electrons. The summed E-state index contributed by atoms with van der Waals surface area (Å²) in [4.78, 5) is 13.3. The normalized spacial score (nSPS) is 18.4. The molecule has 2 aromatic rings. The molecule has 1 atom stereocenters. The van der Waals surface area contributed by atoms with Gasteiger partial charge in [-0.25, -0.2) is 0 Å². The molecule has 2 heterocycles. The molecule has 1 fully saturated rings. The third kappa shape index (κ3) is 3.57. The molecule has 5 nitrogen and oxygen atoms in total. The van der Waals surface area contributed by atoms with Crippen molar-refractivity contribution in [1.29, 1.82) is 0 Å². The summed E-state index contributed by atoms with van der Waals surface area (Å²) in [5, 5.41) is 14.3. The number of hydrogen-bond acceptors (Lipinski definition) is 3. The van der Waals surface area contributed by atoms with Gasteiger partial charge in [0.2, 0.25) is 0 Å². The standard InChI is InChI=1S/C17H20ClN3O2/c1-20-10-12(11-21-8-4-5-13(21)9-16(22)23)17(19-20)14-6-2-3-7-15(14)18/h2-3,6-7,10,13H,4-5,8-9,11H2,1H3,(H,22,23). The van der Waals surface area contributed by atoms with E-state index in [-0.39, 0.29) is 12.5 Å². The summed E-state index contributed by atoms with van der Waals surface area (Å²) in [5.74, 6) is -0.737. The van der Waals surface area contributed by atoms with Gasteiger partial charge in [0.25, 0.3) is 0 Å². The second-order valence-electron chi connectivity index (χ2n) is 6.02. The van der Waals surface area contributed by atoms with E-state index in [9.17, 15) is 4.79 Å². The zero-order valence-electron chi connectivity index (χ0n) is 13.1. The van der Waals surface area contributed by atoms with Crippen LogP contribution >= 0.6 is 11.6 Å². The molecule has 1 aliphatic heterocycles. The van der Waals surface area contributed by atoms with Crippen molar-refractivity contribution >= 4 is 17.6 Å². The molecular formula is C17H20ClN3O2. The van der Waals surface area contributed by atoms with E-state index in [1.807, 2.05) is 37.5 Å². The molecule has 6 heteroatoms. The van der Waals surface area contributed by atoms with E-state index < -0.39 is 5.97 Å². The van der Waals surface area contributed by atoms with E-state index in [0.717, 1.165) is 36.2 Å². The zero-order valence-corrected chi connectivity index (χ0v) is 13.8. The van der Waals surface area contributed by atoms with E-state index in [0.29, 0.717) is 11.6 Å². The minimum atomic E-state index is -0.737. The minimum absolute atomic E-state index is 0.104. The maximum Gasteiger partial charge on any atom is 0.304 e. The van der Waals surface area contributed by atoms with Gasteiger partial charge in [-0.05, 0) is 25.5 Å². The highest BCUT2D eigenvalue weighted by atomic mass is 35.5. The topological polar surface area (TPSA) is 58.4 Å². The molecular weight excluding hydrogens is 314 g/mol. The first-order valence-electron chi connectivity index (χ1n) is 7.78. The summed E-state index contributed by atoms with van der Waals surface area (Å²) in [7, 11) is 1.89. The van der Waals surface area contributed by atoms with Gasteiger partial charge in [0.15, 0.2) is 0 Å². The van der Waals surface area contributed by atoms with Gasteiger partial charge in [-0.2, -0.15) is 5.10 Å². The largest absolute Gasteiger partial charge is 0.481 e. The number of aryl methyl sites for hydroxylation is 1. The van der Waals surface area contributed by atoms with Crippen LogP contribution in [0.5, 0.6) is 0 Å². The monoisotopic (exact) mass is 333 g/mol. The predicted molar refractivity (Wildman–Crippen MR) is 89.3 cm³/mol. The quantitative estimate of drug-likeness (QED) is 0.913. The molecule has 1 aromatic heterocycles. The molecule has 3 rings (SSSR count). The van der Waals surface area contributed by atoms with Gasteiger partial charge in [-0.15, -0.1) is 0 Å². The molecule has 0 aliphatic carbocycles. The lowest BCUT2D eigenvalue weighted by atomic mass is 10.1. The van der Waals surface area contributed by atoms with E-state index in [1.165, 1.54) is 0 Å². The maximum absolute atomic E-state index is 11.0. The summed E-state index contributed by atoms with van der Waals surface area (Å²) in [5.41, 5.74) is 2.87. The van der Waals surface area contributed by atoms with Gasteiger partial charge in [0, 0.05) is 37.0 Å². The van der Waals surface area contributed by atoms with Gasteiger partial charge >= 0.3 is 5.97 Å². The maximum atomic E-state index is 11.0. The molecule has 0 spiro atoms. The Morgan fingerprint density at radius 2 is 2.22 bits per heavy atom. The molecule has 1 saturated heterocycles. The van der Waals surface area contributed by atoms with Crippen molar-refractivity contribution in [3.05, 3.63) is 41.0 Å². The van der Waals surface area contributed by atoms with Gasteiger partial charge in [-0.3, -0.25) is 14.4 Å². The van der Waals surface area contributed by atoms with Crippen LogP contribution < -0.4 is 0 Å². The third-order valence-electron chi connectivity index (χ3n) is 4.32. The summed E-state index contributed by atoms with van der Waals surface area (Å²) in [6.45, 7) is 1.63. The Kier molecular flexibility index (Phi) is 4.68. The first-order chi connectivity index (χ1) is 11.0. The number of rotatable bonds is 5. The Morgan fingerprint density at radius 1 is 1.43 bits per heavy atom. The van der Waals surface area contributed by atoms with Gasteiger partial charge in [-0.1, -0.05) is 29.8 Å². The van der Waals surface area contributed by atoms with Crippen molar-refractivity contribution in [2.24, 2.45) is 7.05 Å². The van der Waals surface area contributed by atoms with Crippen molar-refractivity contribution in [3.63, 3.8) is 0 Å². The second-order valence-corrected chi connectivity index (χ2v) is 6.43. The number of hydrogen-bond donors (Lipinski definition) is 1. The average Bonchev–Trinajstić information content (AvgIpc) is 3.06. The minimum Gasteiger partial charge on any atom is -0.481 e. The van der Waals surface area contributed by atoms with Crippen LogP contribution in [0.1, 0.15) is 24.8 Å². The Morgan fingerprint density at radius 3 is 2.96 bits per heavy atom. The van der Waals surface area contributed by atoms with Crippen LogP contribution in [0.2, 0.25) is 5.02 Å². The van der Waals surface area contributed by atoms with Crippen molar-refractivity contribution in [2.75, 3.05) is 6.54 Å². The lowest BCUT2D eigenvalue weighted by Gasteiger charge is -2.23. The molecule has 1 unspecified atom stereocenters. The van der Waals surface area contributed by atoms with E-state index in [1.54, 1.807) is 4.68 Å². The van der Waals surface area contributed by atoms with Crippen molar-refractivity contribution in [2.45, 2.75) is 31.8 Å². The van der Waals surface area contributed by atoms with Crippen molar-refractivity contribution < 1.29 is 9.90 Å². The van der Waals surface area contributed by atoms with Crippen LogP contribution in [0.15, 0.2) is 30.5 Å². The van der Waals surface area contributed by atoms with Crippen LogP contribution in [0.25, 0.3) is 11.3 Å². The Hall–Kier alpha value is -1.85. The Bertz CT molecular complexity index is 714. The SMILES string of the molecule is Cn1cc(CN2CCCC2CC(=O)O)c(-c2ccccc2Cl)n1. The van der Waals surface area contributed by atoms with Gasteiger partial charge < -0.3 is 5.11 Å². The molecule has 0 amide bonds. The first-order valence-corrected chi connectivity index (χ1v) is 8.15. The molecule has 122 valence electrons. The number of carbonyl (C=O) groups is 1. The molecule has 1 aliphatic rings. The predicted octanol–water partition coefficient (Wildman–Crippen LogP) is 3.18. The van der Waals surface area contributed by atoms with Crippen LogP contribution in [-0.4, -0.2) is 38.3 Å². The second kappa shape index (κ2) is 6.72. The number of aromatic nitrogens is 2. The molecule has 0 bridgehead atoms. The van der Waals surface area contributed by atoms with Crippen LogP contribution in [0.4, 0.5) is 0 Å². The Labute approximate surface area is 140 Å². The fourth-order valence-corrected chi connectivity index (χ4v) is 3.51. The van der Waals surface area contributed by atoms with Crippen molar-refractivity contribution in [3.8, 4) is 11.3 Å². The summed E-state index contributed by atoms with van der Waals surface area (Å²) in [6, 6.07) is 7.78. The fraction of sp³-hybridized carbons (Fsp3) is 0.412. The number of carboxylic acids is 1. The summed E-state index contributed by atoms with van der Waals surface area (Å²) < 4.78 is 1.79. The van der Waals surface area contributed by atoms with Gasteiger partial charge in [0.1, 0.15) is 0 Å². The molecule has 1 aromatic carbocycles. The van der Waals surface area contributed by atoms with E-state index >= 15 is 0 Å². The number of nitrogens with zero attached hydrogens (tertiary/aromatic N) is 3. The number of halogens is 1. The number of carboxylic acid groups (broad SMARTS) is 1. The summed E-state index contributed by atoms with van der Waals surface area (Å²) >= 11 is 6.31. The number of likely N-dealkylation sites (tertiary alicyclic amines) is 1. The van der Waals surface area contributed by atoms with E-state index in [4.69, 9.17) is 16.7 Å². The molecule has 1 N–H and O–H groups in total. The first kappa shape index (κ1) is 16.0. The third-order valence-corrected chi connectivity index (χ3v) is 4.65. The summed E-state index contributed by atoms with van der Waals surface area (Å²) in [6.07, 6.45) is 4.17. The van der Waals surface area contributed by atoms with Crippen molar-refractivity contribution in [1.82, 2.24) is 14.7 Å². The van der Waals surface area contributed by atoms with E-state index in [2.05, 4.69) is 10.00 Å². The average molecular weight is 334 g/mol. The Balaban J connectivity index is 1.86. The molecule has 23 heavy (non-hydrogen) atoms. The number of aliphatic carboxylic acids is 1. The molecule has 0 saturated carbocycles. The lowest BCUT2D eigenvalue weighted by molar-refractivity contribution is -0.138. The zero-order chi connectivity index (χ0) is 16.4. The fourth-order valence-electron chi connectivity index (χ4n) is 3.29. The highest BCUT2D eigenvalue weighted by Gasteiger charge is 2.28. The van der Waals surface area contributed by atoms with Gasteiger partial charge in [0.05, 0.1) is 17.1 Å². The smallest absolute Gasteiger partial charge is 0.304 e. The highest BCUT2D eigenvalue weighted by Crippen LogP contribution is 2.31. The lowest BCUT2D eigenvalue weighted by Crippen LogP contribution is -2.30. The highest BCUT2D eigenvalue weighted by molar-refractivity contribution is 6.33. The van der Waals surface area contributed by atoms with Crippen LogP contribution in [-0.2, 0) is 18.4 Å².